The van der Waals surface area contributed by atoms with Crippen LogP contribution in [0.5, 0.6) is 5.75 Å². The number of amides is 1. The second-order valence-corrected chi connectivity index (χ2v) is 6.88. The summed E-state index contributed by atoms with van der Waals surface area (Å²) in [4.78, 5) is 21.8. The molecule has 1 heterocycles. The summed E-state index contributed by atoms with van der Waals surface area (Å²) in [6.07, 6.45) is 3.70. The Bertz CT molecular complexity index is 1080. The van der Waals surface area contributed by atoms with Crippen molar-refractivity contribution < 1.29 is 14.5 Å². The van der Waals surface area contributed by atoms with Gasteiger partial charge in [-0.15, -0.1) is 0 Å². The van der Waals surface area contributed by atoms with Gasteiger partial charge < -0.3 is 4.74 Å². The van der Waals surface area contributed by atoms with Crippen LogP contribution in [-0.4, -0.2) is 26.8 Å². The predicted molar refractivity (Wildman–Crippen MR) is 112 cm³/mol. The van der Waals surface area contributed by atoms with E-state index < -0.39 is 10.8 Å². The number of nitrogens with one attached hydrogen (secondary N) is 1. The molecule has 3 aromatic rings. The number of hydrazone groups is 1. The Morgan fingerprint density at radius 3 is 2.70 bits per heavy atom. The fourth-order valence-corrected chi connectivity index (χ4v) is 2.81. The number of carbonyl (C=O) groups excluding carboxylic acids is 1. The van der Waals surface area contributed by atoms with E-state index in [-0.39, 0.29) is 12.2 Å². The summed E-state index contributed by atoms with van der Waals surface area (Å²) >= 11 is 12.0. The average Bonchev–Trinajstić information content (AvgIpc) is 3.17. The number of ether oxygens (including phenoxy) is 1. The van der Waals surface area contributed by atoms with Crippen molar-refractivity contribution in [2.45, 2.75) is 13.2 Å². The van der Waals surface area contributed by atoms with E-state index >= 15 is 0 Å². The Labute approximate surface area is 181 Å². The normalized spacial score (nSPS) is 10.9. The number of rotatable bonds is 8. The summed E-state index contributed by atoms with van der Waals surface area (Å²) in [7, 11) is 0. The van der Waals surface area contributed by atoms with Gasteiger partial charge in [0.2, 0.25) is 0 Å². The van der Waals surface area contributed by atoms with E-state index in [9.17, 15) is 14.9 Å². The van der Waals surface area contributed by atoms with Gasteiger partial charge in [0.05, 0.1) is 11.1 Å². The van der Waals surface area contributed by atoms with Gasteiger partial charge in [0, 0.05) is 15.6 Å². The van der Waals surface area contributed by atoms with Crippen LogP contribution >= 0.6 is 23.2 Å². The monoisotopic (exact) mass is 447 g/mol. The van der Waals surface area contributed by atoms with Gasteiger partial charge in [-0.25, -0.2) is 5.43 Å². The number of halogens is 2. The lowest BCUT2D eigenvalue weighted by Crippen LogP contribution is -2.23. The van der Waals surface area contributed by atoms with Gasteiger partial charge in [-0.3, -0.25) is 19.6 Å². The van der Waals surface area contributed by atoms with E-state index in [4.69, 9.17) is 27.9 Å². The average molecular weight is 448 g/mol. The molecule has 0 radical (unpaired) electrons. The molecule has 0 aliphatic rings. The van der Waals surface area contributed by atoms with E-state index in [2.05, 4.69) is 15.6 Å². The fourth-order valence-electron chi connectivity index (χ4n) is 2.34. The molecular weight excluding hydrogens is 433 g/mol. The van der Waals surface area contributed by atoms with Gasteiger partial charge >= 0.3 is 5.69 Å². The number of benzene rings is 2. The molecule has 1 N–H and O–H groups in total. The zero-order valence-corrected chi connectivity index (χ0v) is 16.9. The zero-order valence-electron chi connectivity index (χ0n) is 15.4. The smallest absolute Gasteiger partial charge is 0.307 e. The summed E-state index contributed by atoms with van der Waals surface area (Å²) < 4.78 is 6.85. The highest BCUT2D eigenvalue weighted by molar-refractivity contribution is 6.35. The molecule has 0 bridgehead atoms. The van der Waals surface area contributed by atoms with Gasteiger partial charge in [0.15, 0.2) is 0 Å². The molecule has 0 atom stereocenters. The minimum Gasteiger partial charge on any atom is -0.489 e. The van der Waals surface area contributed by atoms with Gasteiger partial charge in [0.1, 0.15) is 31.3 Å². The summed E-state index contributed by atoms with van der Waals surface area (Å²) in [6.45, 7) is 0.107. The molecule has 0 fully saturated rings. The summed E-state index contributed by atoms with van der Waals surface area (Å²) in [5.41, 5.74) is 3.70. The quantitative estimate of drug-likeness (QED) is 0.320. The minimum absolute atomic E-state index is 0.188. The summed E-state index contributed by atoms with van der Waals surface area (Å²) in [6, 6.07) is 12.3. The lowest BCUT2D eigenvalue weighted by Gasteiger charge is -2.08. The second kappa shape index (κ2) is 9.86. The zero-order chi connectivity index (χ0) is 21.5. The molecule has 3 rings (SSSR count). The molecule has 30 heavy (non-hydrogen) atoms. The van der Waals surface area contributed by atoms with Crippen molar-refractivity contribution in [3.05, 3.63) is 86.1 Å². The molecule has 0 spiro atoms. The topological polar surface area (TPSA) is 112 Å². The van der Waals surface area contributed by atoms with Crippen LogP contribution in [0.3, 0.4) is 0 Å². The number of hydrogen-bond donors (Lipinski definition) is 1. The summed E-state index contributed by atoms with van der Waals surface area (Å²) in [5.74, 6) is 0.173. The maximum Gasteiger partial charge on any atom is 0.307 e. The third-order valence-electron chi connectivity index (χ3n) is 3.83. The largest absolute Gasteiger partial charge is 0.489 e. The first-order valence-electron chi connectivity index (χ1n) is 8.56. The van der Waals surface area contributed by atoms with E-state index in [1.807, 2.05) is 0 Å². The van der Waals surface area contributed by atoms with E-state index in [0.29, 0.717) is 22.4 Å². The number of nitrogens with zero attached hydrogens (tertiary/aromatic N) is 4. The number of carbonyl (C=O) groups is 1. The summed E-state index contributed by atoms with van der Waals surface area (Å²) in [5, 5.41) is 19.3. The third kappa shape index (κ3) is 6.03. The Morgan fingerprint density at radius 2 is 2.03 bits per heavy atom. The molecule has 9 nitrogen and oxygen atoms in total. The number of hydrogen-bond acceptors (Lipinski definition) is 6. The maximum absolute atomic E-state index is 11.8. The molecular formula is C19H15Cl2N5O4. The van der Waals surface area contributed by atoms with Crippen LogP contribution in [0.25, 0.3) is 0 Å². The van der Waals surface area contributed by atoms with E-state index in [1.54, 1.807) is 42.5 Å². The van der Waals surface area contributed by atoms with Crippen molar-refractivity contribution >= 4 is 41.0 Å². The van der Waals surface area contributed by atoms with Crippen LogP contribution in [0.2, 0.25) is 10.0 Å². The molecule has 1 amide bonds. The highest BCUT2D eigenvalue weighted by Crippen LogP contribution is 2.22. The lowest BCUT2D eigenvalue weighted by atomic mass is 10.2. The Morgan fingerprint density at radius 1 is 1.27 bits per heavy atom. The van der Waals surface area contributed by atoms with Crippen LogP contribution in [0.4, 0.5) is 5.69 Å². The van der Waals surface area contributed by atoms with Crippen molar-refractivity contribution in [1.82, 2.24) is 15.2 Å². The third-order valence-corrected chi connectivity index (χ3v) is 4.42. The van der Waals surface area contributed by atoms with Crippen molar-refractivity contribution in [2.75, 3.05) is 0 Å². The minimum atomic E-state index is -0.586. The molecule has 1 aromatic heterocycles. The lowest BCUT2D eigenvalue weighted by molar-refractivity contribution is -0.385. The molecule has 2 aromatic carbocycles. The molecule has 0 unspecified atom stereocenters. The van der Waals surface area contributed by atoms with Gasteiger partial charge in [-0.05, 0) is 42.0 Å². The van der Waals surface area contributed by atoms with Gasteiger partial charge in [-0.1, -0.05) is 29.3 Å². The Balaban J connectivity index is 1.47. The van der Waals surface area contributed by atoms with E-state index in [0.717, 1.165) is 22.0 Å². The first kappa shape index (κ1) is 21.3. The van der Waals surface area contributed by atoms with Crippen molar-refractivity contribution in [3.8, 4) is 5.75 Å². The van der Waals surface area contributed by atoms with Crippen LogP contribution in [0, 0.1) is 10.1 Å². The first-order valence-corrected chi connectivity index (χ1v) is 9.32. The van der Waals surface area contributed by atoms with Crippen LogP contribution < -0.4 is 10.2 Å². The van der Waals surface area contributed by atoms with Crippen molar-refractivity contribution in [1.29, 1.82) is 0 Å². The fraction of sp³-hybridized carbons (Fsp3) is 0.105. The molecule has 0 saturated heterocycles. The van der Waals surface area contributed by atoms with Gasteiger partial charge in [-0.2, -0.15) is 10.2 Å². The Kier molecular flexibility index (Phi) is 6.99. The van der Waals surface area contributed by atoms with Crippen LogP contribution in [0.1, 0.15) is 11.1 Å². The predicted octanol–water partition coefficient (Wildman–Crippen LogP) is 3.83. The van der Waals surface area contributed by atoms with Gasteiger partial charge in [0.25, 0.3) is 5.91 Å². The molecule has 11 heteroatoms. The Hall–Kier alpha value is -3.43. The SMILES string of the molecule is O=C(Cn1cc([N+](=O)[O-])cn1)N/N=C/c1ccc(OCc2ccc(Cl)cc2Cl)cc1. The van der Waals surface area contributed by atoms with Crippen molar-refractivity contribution in [3.63, 3.8) is 0 Å². The molecule has 0 aliphatic carbocycles. The second-order valence-electron chi connectivity index (χ2n) is 6.04. The van der Waals surface area contributed by atoms with E-state index in [1.165, 1.54) is 12.4 Å². The molecule has 154 valence electrons. The highest BCUT2D eigenvalue weighted by Gasteiger charge is 2.10. The number of nitro groups is 1. The maximum atomic E-state index is 11.8. The van der Waals surface area contributed by atoms with Crippen molar-refractivity contribution in [2.24, 2.45) is 5.10 Å². The molecule has 0 aliphatic heterocycles. The van der Waals surface area contributed by atoms with Crippen LogP contribution in [-0.2, 0) is 17.9 Å². The number of aromatic nitrogens is 2. The molecule has 0 saturated carbocycles. The van der Waals surface area contributed by atoms with Crippen LogP contribution in [0.15, 0.2) is 60.0 Å². The first-order chi connectivity index (χ1) is 14.4. The highest BCUT2D eigenvalue weighted by atomic mass is 35.5. The standard InChI is InChI=1S/C19H15Cl2N5O4/c20-15-4-3-14(18(21)7-15)12-30-17-5-1-13(2-6-17)8-22-24-19(27)11-25-10-16(9-23-25)26(28)29/h1-10H,11-12H2,(H,24,27)/b22-8+.